The maximum atomic E-state index is 2.48. The van der Waals surface area contributed by atoms with Gasteiger partial charge in [0, 0.05) is 4.50 Å². The van der Waals surface area contributed by atoms with Gasteiger partial charge in [-0.2, -0.15) is 11.3 Å². The van der Waals surface area contributed by atoms with Gasteiger partial charge in [0.2, 0.25) is 0 Å². The summed E-state index contributed by atoms with van der Waals surface area (Å²) in [5.41, 5.74) is 5.76. The first-order valence-electron chi connectivity index (χ1n) is 8.43. The Hall–Kier alpha value is -1.64. The van der Waals surface area contributed by atoms with E-state index >= 15 is 0 Å². The predicted molar refractivity (Wildman–Crippen MR) is 105 cm³/mol. The summed E-state index contributed by atoms with van der Waals surface area (Å²) in [7, 11) is -1.84. The SMILES string of the molecule is CCC[Si@]1(c2cc(C)cs2)c2ccccc2-c2ccc(C)cc21. The van der Waals surface area contributed by atoms with E-state index in [0.29, 0.717) is 0 Å². The number of thiophene rings is 1. The number of hydrogen-bond acceptors (Lipinski definition) is 1. The molecule has 0 saturated carbocycles. The van der Waals surface area contributed by atoms with E-state index in [4.69, 9.17) is 0 Å². The van der Waals surface area contributed by atoms with Crippen molar-refractivity contribution in [2.24, 2.45) is 0 Å². The zero-order valence-corrected chi connectivity index (χ0v) is 15.8. The van der Waals surface area contributed by atoms with Crippen molar-refractivity contribution >= 4 is 34.3 Å². The molecule has 1 aliphatic rings. The highest BCUT2D eigenvalue weighted by Gasteiger charge is 2.47. The van der Waals surface area contributed by atoms with Crippen LogP contribution < -0.4 is 14.9 Å². The Bertz CT molecular complexity index is 877. The third kappa shape index (κ3) is 2.09. The Morgan fingerprint density at radius 2 is 1.65 bits per heavy atom. The van der Waals surface area contributed by atoms with Crippen LogP contribution in [0.4, 0.5) is 0 Å². The number of rotatable bonds is 3. The van der Waals surface area contributed by atoms with Gasteiger partial charge in [-0.3, -0.25) is 0 Å². The van der Waals surface area contributed by atoms with Gasteiger partial charge in [0.05, 0.1) is 0 Å². The first-order valence-corrected chi connectivity index (χ1v) is 11.5. The normalized spacial score (nSPS) is 18.7. The molecule has 0 radical (unpaired) electrons. The minimum atomic E-state index is -1.84. The summed E-state index contributed by atoms with van der Waals surface area (Å²) in [5.74, 6) is 0. The van der Waals surface area contributed by atoms with Crippen LogP contribution in [0.15, 0.2) is 53.9 Å². The molecule has 1 aliphatic heterocycles. The van der Waals surface area contributed by atoms with E-state index in [1.54, 1.807) is 14.9 Å². The van der Waals surface area contributed by atoms with Gasteiger partial charge in [0.1, 0.15) is 0 Å². The Labute approximate surface area is 143 Å². The van der Waals surface area contributed by atoms with Crippen LogP contribution in [0, 0.1) is 13.8 Å². The third-order valence-corrected chi connectivity index (χ3v) is 12.3. The highest BCUT2D eigenvalue weighted by molar-refractivity contribution is 7.32. The van der Waals surface area contributed by atoms with Crippen LogP contribution >= 0.6 is 11.3 Å². The van der Waals surface area contributed by atoms with Crippen LogP contribution in [0.5, 0.6) is 0 Å². The highest BCUT2D eigenvalue weighted by Crippen LogP contribution is 2.32. The summed E-state index contributed by atoms with van der Waals surface area (Å²) >= 11 is 1.98. The molecule has 0 spiro atoms. The number of aryl methyl sites for hydroxylation is 2. The maximum Gasteiger partial charge on any atom is 0.161 e. The molecular weight excluding hydrogens is 312 g/mol. The van der Waals surface area contributed by atoms with E-state index in [1.807, 2.05) is 11.3 Å². The third-order valence-electron chi connectivity index (χ3n) is 5.09. The first-order chi connectivity index (χ1) is 11.2. The maximum absolute atomic E-state index is 2.48. The van der Waals surface area contributed by atoms with Crippen molar-refractivity contribution in [1.29, 1.82) is 0 Å². The molecule has 0 amide bonds. The number of fused-ring (bicyclic) bond motifs is 3. The monoisotopic (exact) mass is 334 g/mol. The molecule has 4 rings (SSSR count). The number of hydrogen-bond donors (Lipinski definition) is 0. The van der Waals surface area contributed by atoms with E-state index < -0.39 is 8.07 Å². The second kappa shape index (κ2) is 5.47. The standard InChI is InChI=1S/C21H22SSi/c1-4-11-23(21-13-16(3)14-22-21)19-8-6-5-7-17(19)18-10-9-15(2)12-20(18)23/h5-10,12-14H,4,11H2,1-3H3/t23-/m0/s1. The fraction of sp³-hybridized carbons (Fsp3) is 0.238. The van der Waals surface area contributed by atoms with E-state index in [-0.39, 0.29) is 0 Å². The lowest BCUT2D eigenvalue weighted by atomic mass is 10.0. The smallest absolute Gasteiger partial charge is 0.152 e. The first kappa shape index (κ1) is 14.9. The summed E-state index contributed by atoms with van der Waals surface area (Å²) in [4.78, 5) is 0. The van der Waals surface area contributed by atoms with Gasteiger partial charge in [-0.1, -0.05) is 61.4 Å². The van der Waals surface area contributed by atoms with Crippen LogP contribution in [0.2, 0.25) is 6.04 Å². The van der Waals surface area contributed by atoms with Gasteiger partial charge in [-0.15, -0.1) is 0 Å². The highest BCUT2D eigenvalue weighted by atomic mass is 32.1. The van der Waals surface area contributed by atoms with Gasteiger partial charge in [-0.25, -0.2) is 0 Å². The molecule has 0 unspecified atom stereocenters. The summed E-state index contributed by atoms with van der Waals surface area (Å²) in [6, 6.07) is 20.0. The average molecular weight is 335 g/mol. The second-order valence-corrected chi connectivity index (χ2v) is 11.9. The Balaban J connectivity index is 2.11. The van der Waals surface area contributed by atoms with Crippen molar-refractivity contribution in [3.63, 3.8) is 0 Å². The molecule has 0 bridgehead atoms. The molecule has 0 N–H and O–H groups in total. The van der Waals surface area contributed by atoms with E-state index in [1.165, 1.54) is 34.7 Å². The zero-order chi connectivity index (χ0) is 16.0. The van der Waals surface area contributed by atoms with Crippen LogP contribution in [0.3, 0.4) is 0 Å². The van der Waals surface area contributed by atoms with Gasteiger partial charge in [0.15, 0.2) is 8.07 Å². The fourth-order valence-electron chi connectivity index (χ4n) is 4.17. The minimum absolute atomic E-state index is 1.24. The minimum Gasteiger partial charge on any atom is -0.152 e. The van der Waals surface area contributed by atoms with Crippen molar-refractivity contribution in [3.05, 3.63) is 65.0 Å². The van der Waals surface area contributed by atoms with Crippen molar-refractivity contribution in [2.45, 2.75) is 33.2 Å². The zero-order valence-electron chi connectivity index (χ0n) is 14.0. The lowest BCUT2D eigenvalue weighted by Gasteiger charge is -2.28. The summed E-state index contributed by atoms with van der Waals surface area (Å²) in [6.07, 6.45) is 1.24. The van der Waals surface area contributed by atoms with Crippen LogP contribution in [0.25, 0.3) is 11.1 Å². The largest absolute Gasteiger partial charge is 0.161 e. The second-order valence-electron chi connectivity index (χ2n) is 6.74. The van der Waals surface area contributed by atoms with E-state index in [9.17, 15) is 0 Å². The van der Waals surface area contributed by atoms with Crippen molar-refractivity contribution in [3.8, 4) is 11.1 Å². The Morgan fingerprint density at radius 1 is 0.870 bits per heavy atom. The molecule has 2 heteroatoms. The summed E-state index contributed by atoms with van der Waals surface area (Å²) in [5, 5.41) is 5.60. The topological polar surface area (TPSA) is 0 Å². The molecule has 0 fully saturated rings. The van der Waals surface area contributed by atoms with Gasteiger partial charge < -0.3 is 0 Å². The molecule has 1 atom stereocenters. The predicted octanol–water partition coefficient (Wildman–Crippen LogP) is 4.23. The average Bonchev–Trinajstić information content (AvgIpc) is 3.09. The molecule has 2 heterocycles. The quantitative estimate of drug-likeness (QED) is 0.629. The van der Waals surface area contributed by atoms with Gasteiger partial charge >= 0.3 is 0 Å². The van der Waals surface area contributed by atoms with E-state index in [2.05, 4.69) is 74.7 Å². The van der Waals surface area contributed by atoms with E-state index in [0.717, 1.165) is 0 Å². The molecule has 0 saturated heterocycles. The fourth-order valence-corrected chi connectivity index (χ4v) is 11.8. The molecule has 116 valence electrons. The number of benzene rings is 2. The molecule has 0 aliphatic carbocycles. The molecule has 2 aromatic carbocycles. The molecule has 23 heavy (non-hydrogen) atoms. The Morgan fingerprint density at radius 3 is 2.39 bits per heavy atom. The Kier molecular flexibility index (Phi) is 3.55. The van der Waals surface area contributed by atoms with Gasteiger partial charge in [0.25, 0.3) is 0 Å². The van der Waals surface area contributed by atoms with Crippen molar-refractivity contribution < 1.29 is 0 Å². The lowest BCUT2D eigenvalue weighted by Crippen LogP contribution is -2.63. The van der Waals surface area contributed by atoms with Gasteiger partial charge in [-0.05, 0) is 58.4 Å². The van der Waals surface area contributed by atoms with Crippen molar-refractivity contribution in [2.75, 3.05) is 0 Å². The van der Waals surface area contributed by atoms with Crippen LogP contribution in [0.1, 0.15) is 24.5 Å². The molecular formula is C21H22SSi. The van der Waals surface area contributed by atoms with Crippen LogP contribution in [-0.2, 0) is 0 Å². The summed E-state index contributed by atoms with van der Waals surface area (Å²) in [6.45, 7) is 6.80. The van der Waals surface area contributed by atoms with Crippen LogP contribution in [-0.4, -0.2) is 8.07 Å². The van der Waals surface area contributed by atoms with Crippen molar-refractivity contribution in [1.82, 2.24) is 0 Å². The lowest BCUT2D eigenvalue weighted by molar-refractivity contribution is 1.06. The molecule has 1 aromatic heterocycles. The molecule has 0 nitrogen and oxygen atoms in total. The molecule has 3 aromatic rings. The summed E-state index contributed by atoms with van der Waals surface area (Å²) < 4.78 is 1.63.